The van der Waals surface area contributed by atoms with Gasteiger partial charge >= 0.3 is 0 Å². The maximum absolute atomic E-state index is 10.5. The molecule has 0 saturated carbocycles. The lowest BCUT2D eigenvalue weighted by Gasteiger charge is -2.00. The molecule has 0 aliphatic rings. The summed E-state index contributed by atoms with van der Waals surface area (Å²) in [7, 11) is 0. The number of carbonyl (C=O) groups is 1. The number of benzene rings is 1. The third-order valence-corrected chi connectivity index (χ3v) is 2.62. The molecule has 0 radical (unpaired) electrons. The molecular formula is C10H13NOS. The van der Waals surface area contributed by atoms with Gasteiger partial charge in [0.25, 0.3) is 0 Å². The minimum absolute atomic E-state index is 0.252. The van der Waals surface area contributed by atoms with Crippen LogP contribution in [0.3, 0.4) is 0 Å². The van der Waals surface area contributed by atoms with Gasteiger partial charge in [-0.1, -0.05) is 29.8 Å². The lowest BCUT2D eigenvalue weighted by atomic mass is 10.2. The van der Waals surface area contributed by atoms with Gasteiger partial charge < -0.3 is 5.73 Å². The van der Waals surface area contributed by atoms with E-state index in [4.69, 9.17) is 5.73 Å². The molecule has 70 valence electrons. The Morgan fingerprint density at radius 2 is 2.31 bits per heavy atom. The lowest BCUT2D eigenvalue weighted by Crippen LogP contribution is -2.13. The second-order valence-corrected chi connectivity index (χ2v) is 3.93. The molecule has 1 amide bonds. The van der Waals surface area contributed by atoms with Gasteiger partial charge in [0.05, 0.1) is 5.75 Å². The minimum atomic E-state index is -0.252. The highest BCUT2D eigenvalue weighted by Crippen LogP contribution is 2.12. The van der Waals surface area contributed by atoms with Crippen LogP contribution >= 0.6 is 11.8 Å². The molecule has 1 aromatic rings. The van der Waals surface area contributed by atoms with E-state index in [0.717, 1.165) is 5.75 Å². The third kappa shape index (κ3) is 3.99. The number of nitrogens with two attached hydrogens (primary N) is 1. The number of carbonyl (C=O) groups excluding carboxylic acids is 1. The van der Waals surface area contributed by atoms with Gasteiger partial charge in [-0.25, -0.2) is 0 Å². The van der Waals surface area contributed by atoms with Gasteiger partial charge in [0.1, 0.15) is 0 Å². The molecular weight excluding hydrogens is 182 g/mol. The van der Waals surface area contributed by atoms with Crippen molar-refractivity contribution >= 4 is 17.7 Å². The van der Waals surface area contributed by atoms with Gasteiger partial charge in [0.15, 0.2) is 0 Å². The van der Waals surface area contributed by atoms with E-state index in [1.165, 1.54) is 11.1 Å². The summed E-state index contributed by atoms with van der Waals surface area (Å²) in [6, 6.07) is 8.26. The Kier molecular flexibility index (Phi) is 3.83. The Hall–Kier alpha value is -0.960. The Balaban J connectivity index is 2.41. The third-order valence-electron chi connectivity index (χ3n) is 1.60. The highest BCUT2D eigenvalue weighted by molar-refractivity contribution is 7.99. The molecule has 0 heterocycles. The molecule has 0 spiro atoms. The molecule has 0 unspecified atom stereocenters. The van der Waals surface area contributed by atoms with Gasteiger partial charge in [-0.15, -0.1) is 11.8 Å². The summed E-state index contributed by atoms with van der Waals surface area (Å²) >= 11 is 1.55. The molecule has 2 nitrogen and oxygen atoms in total. The van der Waals surface area contributed by atoms with Gasteiger partial charge in [0, 0.05) is 5.75 Å². The molecule has 0 saturated heterocycles. The maximum atomic E-state index is 10.5. The van der Waals surface area contributed by atoms with Crippen molar-refractivity contribution in [2.45, 2.75) is 12.7 Å². The Bertz CT molecular complexity index is 299. The fourth-order valence-electron chi connectivity index (χ4n) is 1.07. The molecule has 0 atom stereocenters. The number of hydrogen-bond acceptors (Lipinski definition) is 2. The number of amides is 1. The van der Waals surface area contributed by atoms with E-state index in [1.54, 1.807) is 11.8 Å². The van der Waals surface area contributed by atoms with Crippen molar-refractivity contribution in [1.29, 1.82) is 0 Å². The molecule has 0 aliphatic heterocycles. The smallest absolute Gasteiger partial charge is 0.227 e. The monoisotopic (exact) mass is 195 g/mol. The minimum Gasteiger partial charge on any atom is -0.369 e. The number of hydrogen-bond donors (Lipinski definition) is 1. The number of rotatable bonds is 4. The molecule has 1 rings (SSSR count). The van der Waals surface area contributed by atoms with Crippen LogP contribution < -0.4 is 5.73 Å². The Morgan fingerprint density at radius 3 is 2.92 bits per heavy atom. The zero-order valence-electron chi connectivity index (χ0n) is 7.62. The Labute approximate surface area is 82.5 Å². The zero-order chi connectivity index (χ0) is 9.68. The summed E-state index contributed by atoms with van der Waals surface area (Å²) in [6.45, 7) is 2.06. The van der Waals surface area contributed by atoms with Crippen LogP contribution in [0.25, 0.3) is 0 Å². The fraction of sp³-hybridized carbons (Fsp3) is 0.300. The van der Waals surface area contributed by atoms with Crippen molar-refractivity contribution in [3.05, 3.63) is 35.4 Å². The summed E-state index contributed by atoms with van der Waals surface area (Å²) in [5.74, 6) is 0.996. The highest BCUT2D eigenvalue weighted by atomic mass is 32.2. The molecule has 1 aromatic carbocycles. The molecule has 0 bridgehead atoms. The quantitative estimate of drug-likeness (QED) is 0.794. The lowest BCUT2D eigenvalue weighted by molar-refractivity contribution is -0.115. The van der Waals surface area contributed by atoms with Crippen molar-refractivity contribution in [1.82, 2.24) is 0 Å². The van der Waals surface area contributed by atoms with Crippen molar-refractivity contribution < 1.29 is 4.79 Å². The van der Waals surface area contributed by atoms with E-state index in [1.807, 2.05) is 6.07 Å². The van der Waals surface area contributed by atoms with Gasteiger partial charge in [0.2, 0.25) is 5.91 Å². The van der Waals surface area contributed by atoms with Gasteiger partial charge in [-0.3, -0.25) is 4.79 Å². The van der Waals surface area contributed by atoms with E-state index in [9.17, 15) is 4.79 Å². The SMILES string of the molecule is Cc1cccc(CSCC(N)=O)c1. The van der Waals surface area contributed by atoms with Gasteiger partial charge in [-0.2, -0.15) is 0 Å². The number of aryl methyl sites for hydroxylation is 1. The number of primary amides is 1. The molecule has 13 heavy (non-hydrogen) atoms. The predicted octanol–water partition coefficient (Wildman–Crippen LogP) is 1.71. The molecule has 0 fully saturated rings. The first-order valence-electron chi connectivity index (χ1n) is 4.10. The van der Waals surface area contributed by atoms with Crippen LogP contribution in [0.2, 0.25) is 0 Å². The highest BCUT2D eigenvalue weighted by Gasteiger charge is 1.96. The van der Waals surface area contributed by atoms with Crippen LogP contribution in [0.5, 0.6) is 0 Å². The van der Waals surface area contributed by atoms with Crippen molar-refractivity contribution in [2.75, 3.05) is 5.75 Å². The largest absolute Gasteiger partial charge is 0.369 e. The first-order chi connectivity index (χ1) is 6.18. The van der Waals surface area contributed by atoms with Crippen LogP contribution in [0.15, 0.2) is 24.3 Å². The van der Waals surface area contributed by atoms with Crippen molar-refractivity contribution in [3.8, 4) is 0 Å². The van der Waals surface area contributed by atoms with E-state index in [-0.39, 0.29) is 5.91 Å². The first kappa shape index (κ1) is 10.1. The number of thioether (sulfide) groups is 1. The average Bonchev–Trinajstić information content (AvgIpc) is 2.03. The van der Waals surface area contributed by atoms with Crippen LogP contribution in [0.4, 0.5) is 0 Å². The average molecular weight is 195 g/mol. The summed E-state index contributed by atoms with van der Waals surface area (Å²) < 4.78 is 0. The maximum Gasteiger partial charge on any atom is 0.227 e. The fourth-order valence-corrected chi connectivity index (χ4v) is 1.79. The van der Waals surface area contributed by atoms with E-state index < -0.39 is 0 Å². The normalized spacial score (nSPS) is 9.92. The van der Waals surface area contributed by atoms with E-state index in [0.29, 0.717) is 5.75 Å². The topological polar surface area (TPSA) is 43.1 Å². The van der Waals surface area contributed by atoms with Crippen LogP contribution in [-0.4, -0.2) is 11.7 Å². The van der Waals surface area contributed by atoms with E-state index >= 15 is 0 Å². The zero-order valence-corrected chi connectivity index (χ0v) is 8.43. The summed E-state index contributed by atoms with van der Waals surface area (Å²) in [5, 5.41) is 0. The molecule has 2 N–H and O–H groups in total. The predicted molar refractivity (Wildman–Crippen MR) is 56.5 cm³/mol. The first-order valence-corrected chi connectivity index (χ1v) is 5.25. The second-order valence-electron chi connectivity index (χ2n) is 2.95. The second kappa shape index (κ2) is 4.92. The molecule has 0 aromatic heterocycles. The van der Waals surface area contributed by atoms with Crippen molar-refractivity contribution in [3.63, 3.8) is 0 Å². The van der Waals surface area contributed by atoms with E-state index in [2.05, 4.69) is 25.1 Å². The van der Waals surface area contributed by atoms with Crippen LogP contribution in [0.1, 0.15) is 11.1 Å². The van der Waals surface area contributed by atoms with Gasteiger partial charge in [-0.05, 0) is 12.5 Å². The summed E-state index contributed by atoms with van der Waals surface area (Å²) in [6.07, 6.45) is 0. The van der Waals surface area contributed by atoms with Crippen LogP contribution in [-0.2, 0) is 10.5 Å². The van der Waals surface area contributed by atoms with Crippen molar-refractivity contribution in [2.24, 2.45) is 5.73 Å². The summed E-state index contributed by atoms with van der Waals surface area (Å²) in [5.41, 5.74) is 7.52. The van der Waals surface area contributed by atoms with Crippen LogP contribution in [0, 0.1) is 6.92 Å². The standard InChI is InChI=1S/C10H13NOS/c1-8-3-2-4-9(5-8)6-13-7-10(11)12/h2-5H,6-7H2,1H3,(H2,11,12). The summed E-state index contributed by atoms with van der Waals surface area (Å²) in [4.78, 5) is 10.5. The molecule has 0 aliphatic carbocycles. The molecule has 3 heteroatoms. The Morgan fingerprint density at radius 1 is 1.54 bits per heavy atom.